The molecule has 0 atom stereocenters. The van der Waals surface area contributed by atoms with Crippen LogP contribution in [0.3, 0.4) is 0 Å². The molecule has 0 fully saturated rings. The number of hydrogen-bond donors (Lipinski definition) is 0. The maximum atomic E-state index is 5.83. The molecule has 0 amide bonds. The molecule has 2 aromatic carbocycles. The number of aromatic nitrogens is 4. The number of fused-ring (bicyclic) bond motifs is 1. The SMILES string of the molecule is COc1ccccc1OCc1nn2c(-c3ccc(Br)cc3)nnc2s1. The summed E-state index contributed by atoms with van der Waals surface area (Å²) in [7, 11) is 1.62. The van der Waals surface area contributed by atoms with Crippen molar-refractivity contribution in [1.82, 2.24) is 19.8 Å². The third kappa shape index (κ3) is 3.22. The average Bonchev–Trinajstić information content (AvgIpc) is 3.21. The molecule has 126 valence electrons. The summed E-state index contributed by atoms with van der Waals surface area (Å²) in [5.74, 6) is 2.09. The summed E-state index contributed by atoms with van der Waals surface area (Å²) in [5.41, 5.74) is 0.957. The van der Waals surface area contributed by atoms with Gasteiger partial charge in [-0.15, -0.1) is 10.2 Å². The Labute approximate surface area is 156 Å². The van der Waals surface area contributed by atoms with Gasteiger partial charge in [0, 0.05) is 10.0 Å². The summed E-state index contributed by atoms with van der Waals surface area (Å²) in [5, 5.41) is 13.8. The van der Waals surface area contributed by atoms with E-state index in [9.17, 15) is 0 Å². The first-order valence-corrected chi connectivity index (χ1v) is 9.08. The molecule has 0 N–H and O–H groups in total. The Morgan fingerprint density at radius 1 is 1.04 bits per heavy atom. The van der Waals surface area contributed by atoms with Gasteiger partial charge in [-0.05, 0) is 24.3 Å². The standard InChI is InChI=1S/C17H13BrN4O2S/c1-23-13-4-2-3-5-14(13)24-10-15-21-22-16(19-20-17(22)25-15)11-6-8-12(18)9-7-11/h2-9H,10H2,1H3. The second kappa shape index (κ2) is 6.81. The zero-order chi connectivity index (χ0) is 17.2. The second-order valence-corrected chi connectivity index (χ2v) is 7.12. The van der Waals surface area contributed by atoms with E-state index in [1.807, 2.05) is 48.5 Å². The molecule has 0 aliphatic heterocycles. The maximum Gasteiger partial charge on any atom is 0.235 e. The number of ether oxygens (including phenoxy) is 2. The molecule has 0 saturated carbocycles. The van der Waals surface area contributed by atoms with Crippen LogP contribution >= 0.6 is 27.3 Å². The Morgan fingerprint density at radius 2 is 1.80 bits per heavy atom. The topological polar surface area (TPSA) is 61.5 Å². The lowest BCUT2D eigenvalue weighted by Crippen LogP contribution is -1.99. The van der Waals surface area contributed by atoms with Gasteiger partial charge in [-0.2, -0.15) is 9.61 Å². The average molecular weight is 417 g/mol. The number of nitrogens with zero attached hydrogens (tertiary/aromatic N) is 4. The van der Waals surface area contributed by atoms with Crippen LogP contribution in [0.4, 0.5) is 0 Å². The van der Waals surface area contributed by atoms with Gasteiger partial charge in [-0.1, -0.05) is 51.5 Å². The minimum Gasteiger partial charge on any atom is -0.493 e. The number of benzene rings is 2. The zero-order valence-corrected chi connectivity index (χ0v) is 15.6. The van der Waals surface area contributed by atoms with Crippen molar-refractivity contribution in [2.75, 3.05) is 7.11 Å². The van der Waals surface area contributed by atoms with Gasteiger partial charge in [0.05, 0.1) is 7.11 Å². The van der Waals surface area contributed by atoms with Crippen LogP contribution in [0.2, 0.25) is 0 Å². The van der Waals surface area contributed by atoms with Crippen molar-refractivity contribution < 1.29 is 9.47 Å². The number of para-hydroxylation sites is 2. The molecule has 0 radical (unpaired) electrons. The minimum atomic E-state index is 0.341. The Bertz CT molecular complexity index is 1010. The Kier molecular flexibility index (Phi) is 4.37. The van der Waals surface area contributed by atoms with Crippen LogP contribution in [-0.4, -0.2) is 26.9 Å². The molecule has 4 aromatic rings. The number of methoxy groups -OCH3 is 1. The highest BCUT2D eigenvalue weighted by molar-refractivity contribution is 9.10. The van der Waals surface area contributed by atoms with E-state index in [1.165, 1.54) is 11.3 Å². The second-order valence-electron chi connectivity index (χ2n) is 5.16. The van der Waals surface area contributed by atoms with E-state index in [1.54, 1.807) is 11.6 Å². The summed E-state index contributed by atoms with van der Waals surface area (Å²) in [4.78, 5) is 0.733. The van der Waals surface area contributed by atoms with E-state index in [4.69, 9.17) is 9.47 Å². The highest BCUT2D eigenvalue weighted by atomic mass is 79.9. The lowest BCUT2D eigenvalue weighted by Gasteiger charge is -2.08. The van der Waals surface area contributed by atoms with Crippen molar-refractivity contribution in [1.29, 1.82) is 0 Å². The summed E-state index contributed by atoms with van der Waals surface area (Å²) < 4.78 is 13.9. The number of hydrogen-bond acceptors (Lipinski definition) is 6. The Balaban J connectivity index is 1.59. The lowest BCUT2D eigenvalue weighted by atomic mass is 10.2. The van der Waals surface area contributed by atoms with Crippen LogP contribution in [0.1, 0.15) is 5.01 Å². The van der Waals surface area contributed by atoms with Crippen molar-refractivity contribution in [3.8, 4) is 22.9 Å². The largest absolute Gasteiger partial charge is 0.493 e. The van der Waals surface area contributed by atoms with Crippen molar-refractivity contribution in [2.45, 2.75) is 6.61 Å². The number of rotatable bonds is 5. The van der Waals surface area contributed by atoms with Gasteiger partial charge in [0.15, 0.2) is 22.3 Å². The fraction of sp³-hybridized carbons (Fsp3) is 0.118. The summed E-state index contributed by atoms with van der Waals surface area (Å²) >= 11 is 4.89. The van der Waals surface area contributed by atoms with Gasteiger partial charge >= 0.3 is 0 Å². The van der Waals surface area contributed by atoms with Gasteiger partial charge in [-0.25, -0.2) is 0 Å². The van der Waals surface area contributed by atoms with Gasteiger partial charge < -0.3 is 9.47 Å². The number of halogens is 1. The third-order valence-electron chi connectivity index (χ3n) is 3.56. The molecule has 0 aliphatic carbocycles. The van der Waals surface area contributed by atoms with E-state index < -0.39 is 0 Å². The van der Waals surface area contributed by atoms with Crippen molar-refractivity contribution in [3.63, 3.8) is 0 Å². The lowest BCUT2D eigenvalue weighted by molar-refractivity contribution is 0.283. The van der Waals surface area contributed by atoms with Crippen LogP contribution in [0, 0.1) is 0 Å². The van der Waals surface area contributed by atoms with E-state index in [2.05, 4.69) is 31.2 Å². The molecule has 4 rings (SSSR count). The maximum absolute atomic E-state index is 5.83. The van der Waals surface area contributed by atoms with E-state index >= 15 is 0 Å². The Hall–Kier alpha value is -2.45. The molecule has 0 aliphatic rings. The summed E-state index contributed by atoms with van der Waals surface area (Å²) in [6, 6.07) is 15.4. The Morgan fingerprint density at radius 3 is 2.56 bits per heavy atom. The molecular weight excluding hydrogens is 404 g/mol. The van der Waals surface area contributed by atoms with Gasteiger partial charge in [0.25, 0.3) is 0 Å². The first-order valence-electron chi connectivity index (χ1n) is 7.47. The van der Waals surface area contributed by atoms with E-state index in [0.29, 0.717) is 23.9 Å². The van der Waals surface area contributed by atoms with Crippen LogP contribution in [0.5, 0.6) is 11.5 Å². The van der Waals surface area contributed by atoms with Gasteiger partial charge in [0.1, 0.15) is 6.61 Å². The third-order valence-corrected chi connectivity index (χ3v) is 4.96. The van der Waals surface area contributed by atoms with Crippen molar-refractivity contribution in [2.24, 2.45) is 0 Å². The van der Waals surface area contributed by atoms with Crippen molar-refractivity contribution in [3.05, 3.63) is 58.0 Å². The summed E-state index contributed by atoms with van der Waals surface area (Å²) in [6.45, 7) is 0.341. The first-order chi connectivity index (χ1) is 12.2. The molecule has 25 heavy (non-hydrogen) atoms. The molecule has 8 heteroatoms. The molecule has 2 aromatic heterocycles. The fourth-order valence-corrected chi connectivity index (χ4v) is 3.38. The predicted octanol–water partition coefficient (Wildman–Crippen LogP) is 4.20. The molecule has 6 nitrogen and oxygen atoms in total. The smallest absolute Gasteiger partial charge is 0.235 e. The van der Waals surface area contributed by atoms with Crippen LogP contribution in [0.15, 0.2) is 53.0 Å². The molecule has 0 spiro atoms. The zero-order valence-electron chi connectivity index (χ0n) is 13.2. The molecular formula is C17H13BrN4O2S. The highest BCUT2D eigenvalue weighted by Crippen LogP contribution is 2.28. The van der Waals surface area contributed by atoms with Crippen LogP contribution in [0.25, 0.3) is 16.3 Å². The fourth-order valence-electron chi connectivity index (χ4n) is 2.37. The molecule has 0 unspecified atom stereocenters. The predicted molar refractivity (Wildman–Crippen MR) is 99.1 cm³/mol. The van der Waals surface area contributed by atoms with E-state index in [0.717, 1.165) is 20.0 Å². The van der Waals surface area contributed by atoms with Crippen LogP contribution < -0.4 is 9.47 Å². The van der Waals surface area contributed by atoms with Gasteiger partial charge in [0.2, 0.25) is 4.96 Å². The molecule has 0 saturated heterocycles. The monoisotopic (exact) mass is 416 g/mol. The highest BCUT2D eigenvalue weighted by Gasteiger charge is 2.14. The molecule has 0 bridgehead atoms. The summed E-state index contributed by atoms with van der Waals surface area (Å²) in [6.07, 6.45) is 0. The van der Waals surface area contributed by atoms with Gasteiger partial charge in [-0.3, -0.25) is 0 Å². The molecule has 2 heterocycles. The van der Waals surface area contributed by atoms with Crippen molar-refractivity contribution >= 4 is 32.2 Å². The quantitative estimate of drug-likeness (QED) is 0.487. The van der Waals surface area contributed by atoms with Crippen LogP contribution in [-0.2, 0) is 6.61 Å². The first kappa shape index (κ1) is 16.0. The van der Waals surface area contributed by atoms with E-state index in [-0.39, 0.29) is 0 Å². The minimum absolute atomic E-state index is 0.341. The normalized spacial score (nSPS) is 11.0.